The minimum absolute atomic E-state index is 0.0725. The second-order valence-electron chi connectivity index (χ2n) is 6.84. The maximum Gasteiger partial charge on any atom is 0.471 e. The van der Waals surface area contributed by atoms with Crippen LogP contribution in [0.4, 0.5) is 32.3 Å². The van der Waals surface area contributed by atoms with Crippen LogP contribution in [0, 0.1) is 0 Å². The highest BCUT2D eigenvalue weighted by Crippen LogP contribution is 2.36. The number of alkyl halides is 6. The van der Waals surface area contributed by atoms with Gasteiger partial charge in [-0.15, -0.1) is 0 Å². The number of hydrogen-bond acceptors (Lipinski definition) is 3. The summed E-state index contributed by atoms with van der Waals surface area (Å²) in [6.45, 7) is 0. The lowest BCUT2D eigenvalue weighted by molar-refractivity contribution is -0.167. The lowest BCUT2D eigenvalue weighted by atomic mass is 9.94. The molecule has 0 unspecified atom stereocenters. The quantitative estimate of drug-likeness (QED) is 0.413. The van der Waals surface area contributed by atoms with Crippen molar-refractivity contribution in [1.82, 2.24) is 14.9 Å². The number of likely N-dealkylation sites (N-methyl/N-ethyl adjacent to an activating group) is 1. The van der Waals surface area contributed by atoms with Gasteiger partial charge in [0.2, 0.25) is 11.9 Å². The van der Waals surface area contributed by atoms with E-state index in [1.807, 2.05) is 0 Å². The predicted molar refractivity (Wildman–Crippen MR) is 111 cm³/mol. The molecule has 3 rings (SSSR count). The van der Waals surface area contributed by atoms with E-state index in [1.165, 1.54) is 7.05 Å². The monoisotopic (exact) mass is 482 g/mol. The van der Waals surface area contributed by atoms with E-state index in [4.69, 9.17) is 0 Å². The Hall–Kier alpha value is -4.09. The highest BCUT2D eigenvalue weighted by atomic mass is 19.4. The van der Waals surface area contributed by atoms with Gasteiger partial charge in [-0.1, -0.05) is 36.4 Å². The van der Waals surface area contributed by atoms with Crippen molar-refractivity contribution in [3.63, 3.8) is 0 Å². The fraction of sp³-hybridized carbons (Fsp3) is 0.136. The summed E-state index contributed by atoms with van der Waals surface area (Å²) in [4.78, 5) is 27.2. The number of aromatic nitrogens is 2. The summed E-state index contributed by atoms with van der Waals surface area (Å²) in [6, 6.07) is 10.8. The fourth-order valence-corrected chi connectivity index (χ4v) is 3.04. The first-order chi connectivity index (χ1) is 15.9. The summed E-state index contributed by atoms with van der Waals surface area (Å²) in [6.07, 6.45) is -6.77. The number of nitrogens with one attached hydrogen (secondary N) is 2. The molecule has 2 aromatic carbocycles. The topological polar surface area (TPSA) is 76.0 Å². The number of imidazole rings is 1. The van der Waals surface area contributed by atoms with E-state index in [1.54, 1.807) is 35.6 Å². The van der Waals surface area contributed by atoms with Gasteiger partial charge >= 0.3 is 18.3 Å². The SMILES string of the molecule is CNC(=O)/C=C(\c1ccccc1)c1ccc(C(F)(F)F)cc1-n1ccnc1NC(=O)C(F)(F)F. The van der Waals surface area contributed by atoms with E-state index in [-0.39, 0.29) is 16.8 Å². The third-order valence-electron chi connectivity index (χ3n) is 4.60. The standard InChI is InChI=1S/C22H16F6N4O2/c1-29-18(33)12-16(13-5-3-2-4-6-13)15-8-7-14(21(23,24)25)11-17(15)32-10-9-30-20(32)31-19(34)22(26,27)28/h2-12H,1H3,(H,29,33)(H,30,31,34)/b16-12+. The molecule has 6 nitrogen and oxygen atoms in total. The van der Waals surface area contributed by atoms with Crippen LogP contribution in [-0.4, -0.2) is 34.6 Å². The predicted octanol–water partition coefficient (Wildman–Crippen LogP) is 4.57. The Morgan fingerprint density at radius 3 is 2.26 bits per heavy atom. The molecule has 0 aliphatic heterocycles. The zero-order valence-electron chi connectivity index (χ0n) is 17.3. The minimum Gasteiger partial charge on any atom is -0.356 e. The zero-order valence-corrected chi connectivity index (χ0v) is 17.3. The highest BCUT2D eigenvalue weighted by molar-refractivity contribution is 6.00. The molecule has 0 fully saturated rings. The Morgan fingerprint density at radius 1 is 1.00 bits per heavy atom. The smallest absolute Gasteiger partial charge is 0.356 e. The van der Waals surface area contributed by atoms with Gasteiger partial charge in [0.05, 0.1) is 11.3 Å². The molecular formula is C22H16F6N4O2. The van der Waals surface area contributed by atoms with E-state index in [0.29, 0.717) is 11.6 Å². The third-order valence-corrected chi connectivity index (χ3v) is 4.60. The Labute approximate surface area is 188 Å². The molecule has 1 heterocycles. The molecule has 1 aromatic heterocycles. The summed E-state index contributed by atoms with van der Waals surface area (Å²) in [5.41, 5.74) is -0.647. The van der Waals surface area contributed by atoms with E-state index in [2.05, 4.69) is 10.3 Å². The first-order valence-corrected chi connectivity index (χ1v) is 9.54. The number of halogens is 6. The molecular weight excluding hydrogens is 466 g/mol. The Morgan fingerprint density at radius 2 is 1.68 bits per heavy atom. The van der Waals surface area contributed by atoms with Gasteiger partial charge in [0.25, 0.3) is 0 Å². The van der Waals surface area contributed by atoms with Gasteiger partial charge in [-0.05, 0) is 23.3 Å². The Balaban J connectivity index is 2.27. The van der Waals surface area contributed by atoms with E-state index in [9.17, 15) is 35.9 Å². The van der Waals surface area contributed by atoms with Crippen LogP contribution in [0.3, 0.4) is 0 Å². The van der Waals surface area contributed by atoms with Gasteiger partial charge in [0.1, 0.15) is 0 Å². The van der Waals surface area contributed by atoms with Crippen LogP contribution in [-0.2, 0) is 15.8 Å². The van der Waals surface area contributed by atoms with Crippen LogP contribution in [0.1, 0.15) is 16.7 Å². The summed E-state index contributed by atoms with van der Waals surface area (Å²) < 4.78 is 79.6. The molecule has 0 atom stereocenters. The largest absolute Gasteiger partial charge is 0.471 e. The van der Waals surface area contributed by atoms with Crippen molar-refractivity contribution in [2.24, 2.45) is 0 Å². The maximum atomic E-state index is 13.5. The molecule has 2 amide bonds. The van der Waals surface area contributed by atoms with Crippen molar-refractivity contribution in [2.45, 2.75) is 12.4 Å². The first kappa shape index (κ1) is 24.6. The van der Waals surface area contributed by atoms with Gasteiger partial charge in [-0.25, -0.2) is 4.98 Å². The average Bonchev–Trinajstić information content (AvgIpc) is 3.24. The third kappa shape index (κ3) is 5.45. The lowest BCUT2D eigenvalue weighted by Gasteiger charge is -2.19. The number of anilines is 1. The molecule has 0 radical (unpaired) electrons. The van der Waals surface area contributed by atoms with Gasteiger partial charge in [-0.2, -0.15) is 26.3 Å². The second kappa shape index (κ2) is 9.41. The molecule has 178 valence electrons. The Bertz CT molecular complexity index is 1230. The van der Waals surface area contributed by atoms with Crippen molar-refractivity contribution >= 4 is 23.3 Å². The molecule has 0 saturated carbocycles. The minimum atomic E-state index is -5.25. The summed E-state index contributed by atoms with van der Waals surface area (Å²) in [5, 5.41) is 3.94. The molecule has 0 saturated heterocycles. The summed E-state index contributed by atoms with van der Waals surface area (Å²) in [5.74, 6) is -3.58. The molecule has 2 N–H and O–H groups in total. The second-order valence-corrected chi connectivity index (χ2v) is 6.84. The van der Waals surface area contributed by atoms with Crippen LogP contribution in [0.5, 0.6) is 0 Å². The molecule has 0 spiro atoms. The highest BCUT2D eigenvalue weighted by Gasteiger charge is 2.39. The van der Waals surface area contributed by atoms with Crippen LogP contribution in [0.15, 0.2) is 67.0 Å². The number of benzene rings is 2. The Kier molecular flexibility index (Phi) is 6.80. The molecule has 34 heavy (non-hydrogen) atoms. The average molecular weight is 482 g/mol. The van der Waals surface area contributed by atoms with E-state index < -0.39 is 35.7 Å². The number of hydrogen-bond donors (Lipinski definition) is 2. The van der Waals surface area contributed by atoms with Gasteiger partial charge in [0.15, 0.2) is 0 Å². The van der Waals surface area contributed by atoms with Crippen molar-refractivity contribution in [3.05, 3.63) is 83.7 Å². The number of amides is 2. The van der Waals surface area contributed by atoms with Crippen LogP contribution in [0.25, 0.3) is 11.3 Å². The number of carbonyl (C=O) groups is 2. The summed E-state index contributed by atoms with van der Waals surface area (Å²) >= 11 is 0. The fourth-order valence-electron chi connectivity index (χ4n) is 3.04. The van der Waals surface area contributed by atoms with Crippen molar-refractivity contribution in [2.75, 3.05) is 12.4 Å². The van der Waals surface area contributed by atoms with E-state index >= 15 is 0 Å². The number of nitrogens with zero attached hydrogens (tertiary/aromatic N) is 2. The van der Waals surface area contributed by atoms with Crippen molar-refractivity contribution in [3.8, 4) is 5.69 Å². The van der Waals surface area contributed by atoms with Crippen molar-refractivity contribution < 1.29 is 35.9 Å². The number of carbonyl (C=O) groups excluding carboxylic acids is 2. The number of rotatable bonds is 5. The molecule has 0 bridgehead atoms. The molecule has 0 aliphatic carbocycles. The first-order valence-electron chi connectivity index (χ1n) is 9.54. The normalized spacial score (nSPS) is 12.4. The molecule has 3 aromatic rings. The van der Waals surface area contributed by atoms with Gasteiger partial charge in [0, 0.05) is 31.1 Å². The zero-order chi connectivity index (χ0) is 25.1. The van der Waals surface area contributed by atoms with Crippen LogP contribution in [0.2, 0.25) is 0 Å². The van der Waals surface area contributed by atoms with Crippen molar-refractivity contribution in [1.29, 1.82) is 0 Å². The van der Waals surface area contributed by atoms with Crippen LogP contribution < -0.4 is 10.6 Å². The summed E-state index contributed by atoms with van der Waals surface area (Å²) in [7, 11) is 1.36. The van der Waals surface area contributed by atoms with Gasteiger partial charge in [-0.3, -0.25) is 19.5 Å². The molecule has 12 heteroatoms. The maximum absolute atomic E-state index is 13.5. The van der Waals surface area contributed by atoms with Gasteiger partial charge < -0.3 is 5.32 Å². The lowest BCUT2D eigenvalue weighted by Crippen LogP contribution is -2.31. The van der Waals surface area contributed by atoms with Crippen LogP contribution >= 0.6 is 0 Å². The van der Waals surface area contributed by atoms with E-state index in [0.717, 1.165) is 35.2 Å². The molecule has 0 aliphatic rings.